The van der Waals surface area contributed by atoms with Gasteiger partial charge in [0.15, 0.2) is 5.78 Å². The maximum atomic E-state index is 12.5. The maximum absolute atomic E-state index is 12.5. The first-order valence-electron chi connectivity index (χ1n) is 7.68. The fourth-order valence-corrected chi connectivity index (χ4v) is 2.39. The van der Waals surface area contributed by atoms with Crippen molar-refractivity contribution in [3.8, 4) is 0 Å². The summed E-state index contributed by atoms with van der Waals surface area (Å²) in [5, 5.41) is 10.4. The van der Waals surface area contributed by atoms with Gasteiger partial charge in [-0.3, -0.25) is 9.59 Å². The van der Waals surface area contributed by atoms with Crippen LogP contribution >= 0.6 is 0 Å². The first-order valence-corrected chi connectivity index (χ1v) is 7.68. The monoisotopic (exact) mass is 322 g/mol. The summed E-state index contributed by atoms with van der Waals surface area (Å²) in [4.78, 5) is 24.2. The highest BCUT2D eigenvalue weighted by Gasteiger charge is 2.42. The Kier molecular flexibility index (Phi) is 6.91. The molecule has 5 nitrogen and oxygen atoms in total. The quantitative estimate of drug-likeness (QED) is 0.587. The standard InChI is InChI=1S/C18H26O5/c1-12(16(20)18(3,4)17(21)22-5)15(19)13(2)23-11-14-9-7-6-8-10-14/h6-10,12-13,15,19H,11H2,1-5H3/t12-,13+,15-/m1/s1. The van der Waals surface area contributed by atoms with Crippen molar-refractivity contribution in [2.75, 3.05) is 7.11 Å². The number of carbonyl (C=O) groups excluding carboxylic acids is 2. The van der Waals surface area contributed by atoms with Crippen LogP contribution in [0.25, 0.3) is 0 Å². The van der Waals surface area contributed by atoms with Crippen LogP contribution in [0, 0.1) is 11.3 Å². The van der Waals surface area contributed by atoms with Gasteiger partial charge in [0.05, 0.1) is 25.9 Å². The second-order valence-electron chi connectivity index (χ2n) is 6.26. The summed E-state index contributed by atoms with van der Waals surface area (Å²) in [6.07, 6.45) is -1.54. The summed E-state index contributed by atoms with van der Waals surface area (Å²) in [5.74, 6) is -1.72. The van der Waals surface area contributed by atoms with E-state index in [9.17, 15) is 14.7 Å². The van der Waals surface area contributed by atoms with Gasteiger partial charge in [0.2, 0.25) is 0 Å². The summed E-state index contributed by atoms with van der Waals surface area (Å²) < 4.78 is 10.3. The van der Waals surface area contributed by atoms with Gasteiger partial charge in [-0.05, 0) is 26.3 Å². The highest BCUT2D eigenvalue weighted by Crippen LogP contribution is 2.26. The van der Waals surface area contributed by atoms with Crippen LogP contribution in [0.5, 0.6) is 0 Å². The van der Waals surface area contributed by atoms with Crippen LogP contribution < -0.4 is 0 Å². The van der Waals surface area contributed by atoms with Gasteiger partial charge in [-0.15, -0.1) is 0 Å². The molecule has 0 aliphatic rings. The lowest BCUT2D eigenvalue weighted by Crippen LogP contribution is -2.45. The number of methoxy groups -OCH3 is 1. The molecule has 128 valence electrons. The number of aliphatic hydroxyl groups is 1. The molecule has 0 radical (unpaired) electrons. The molecule has 0 bridgehead atoms. The first kappa shape index (κ1) is 19.3. The van der Waals surface area contributed by atoms with Crippen molar-refractivity contribution < 1.29 is 24.2 Å². The van der Waals surface area contributed by atoms with Crippen LogP contribution in [-0.4, -0.2) is 36.2 Å². The fourth-order valence-electron chi connectivity index (χ4n) is 2.39. The first-order chi connectivity index (χ1) is 10.7. The van der Waals surface area contributed by atoms with Crippen molar-refractivity contribution in [1.29, 1.82) is 0 Å². The van der Waals surface area contributed by atoms with Crippen molar-refractivity contribution in [2.24, 2.45) is 11.3 Å². The minimum absolute atomic E-state index is 0.348. The number of esters is 1. The third kappa shape index (κ3) is 4.88. The van der Waals surface area contributed by atoms with Gasteiger partial charge >= 0.3 is 5.97 Å². The molecule has 0 amide bonds. The molecule has 0 unspecified atom stereocenters. The number of Topliss-reactive ketones (excluding diaryl/α,β-unsaturated/α-hetero) is 1. The van der Waals surface area contributed by atoms with Gasteiger partial charge in [-0.25, -0.2) is 0 Å². The summed E-state index contributed by atoms with van der Waals surface area (Å²) in [6, 6.07) is 9.58. The second-order valence-corrected chi connectivity index (χ2v) is 6.26. The maximum Gasteiger partial charge on any atom is 0.318 e. The normalized spacial score (nSPS) is 15.6. The van der Waals surface area contributed by atoms with E-state index in [1.165, 1.54) is 21.0 Å². The zero-order valence-corrected chi connectivity index (χ0v) is 14.4. The number of rotatable bonds is 8. The topological polar surface area (TPSA) is 72.8 Å². The molecule has 1 aromatic rings. The van der Waals surface area contributed by atoms with E-state index in [0.717, 1.165) is 5.56 Å². The summed E-state index contributed by atoms with van der Waals surface area (Å²) in [5.41, 5.74) is -0.311. The zero-order valence-electron chi connectivity index (χ0n) is 14.4. The summed E-state index contributed by atoms with van der Waals surface area (Å²) in [6.45, 7) is 6.66. The molecule has 23 heavy (non-hydrogen) atoms. The molecule has 0 spiro atoms. The molecule has 0 heterocycles. The van der Waals surface area contributed by atoms with Crippen LogP contribution in [0.3, 0.4) is 0 Å². The fraction of sp³-hybridized carbons (Fsp3) is 0.556. The lowest BCUT2D eigenvalue weighted by atomic mass is 9.79. The average molecular weight is 322 g/mol. The Morgan fingerprint density at radius 1 is 1.17 bits per heavy atom. The van der Waals surface area contributed by atoms with Crippen LogP contribution in [0.4, 0.5) is 0 Å². The Morgan fingerprint density at radius 3 is 2.26 bits per heavy atom. The highest BCUT2D eigenvalue weighted by atomic mass is 16.5. The van der Waals surface area contributed by atoms with E-state index >= 15 is 0 Å². The second kappa shape index (κ2) is 8.22. The van der Waals surface area contributed by atoms with Crippen LogP contribution in [0.1, 0.15) is 33.3 Å². The molecule has 1 rings (SSSR count). The van der Waals surface area contributed by atoms with Crippen molar-refractivity contribution in [1.82, 2.24) is 0 Å². The number of aliphatic hydroxyl groups excluding tert-OH is 1. The van der Waals surface area contributed by atoms with Gasteiger partial charge in [0, 0.05) is 5.92 Å². The van der Waals surface area contributed by atoms with E-state index in [-0.39, 0.29) is 5.78 Å². The SMILES string of the molecule is COC(=O)C(C)(C)C(=O)[C@H](C)[C@@H](O)[C@H](C)OCc1ccccc1. The Hall–Kier alpha value is -1.72. The molecule has 1 N–H and O–H groups in total. The zero-order chi connectivity index (χ0) is 17.6. The Balaban J connectivity index is 2.66. The largest absolute Gasteiger partial charge is 0.468 e. The molecule has 1 aromatic carbocycles. The number of hydrogen-bond donors (Lipinski definition) is 1. The third-order valence-corrected chi connectivity index (χ3v) is 4.07. The van der Waals surface area contributed by atoms with E-state index in [1.807, 2.05) is 30.3 Å². The van der Waals surface area contributed by atoms with Gasteiger partial charge in [0.25, 0.3) is 0 Å². The number of ketones is 1. The van der Waals surface area contributed by atoms with Gasteiger partial charge < -0.3 is 14.6 Å². The van der Waals surface area contributed by atoms with Gasteiger partial charge in [0.1, 0.15) is 5.41 Å². The number of carbonyl (C=O) groups is 2. The van der Waals surface area contributed by atoms with Crippen LogP contribution in [0.15, 0.2) is 30.3 Å². The molecule has 0 saturated heterocycles. The van der Waals surface area contributed by atoms with Crippen LogP contribution in [0.2, 0.25) is 0 Å². The van der Waals surface area contributed by atoms with Crippen molar-refractivity contribution in [3.63, 3.8) is 0 Å². The minimum Gasteiger partial charge on any atom is -0.468 e. The van der Waals surface area contributed by atoms with E-state index in [4.69, 9.17) is 4.74 Å². The summed E-state index contributed by atoms with van der Waals surface area (Å²) >= 11 is 0. The Bertz CT molecular complexity index is 523. The predicted octanol–water partition coefficient (Wildman–Crippen LogP) is 2.36. The van der Waals surface area contributed by atoms with E-state index < -0.39 is 29.5 Å². The molecule has 0 saturated carbocycles. The molecule has 0 fully saturated rings. The smallest absolute Gasteiger partial charge is 0.318 e. The molecule has 3 atom stereocenters. The highest BCUT2D eigenvalue weighted by molar-refractivity contribution is 6.04. The van der Waals surface area contributed by atoms with Gasteiger partial charge in [-0.1, -0.05) is 37.3 Å². The lowest BCUT2D eigenvalue weighted by Gasteiger charge is -2.29. The Labute approximate surface area is 137 Å². The van der Waals surface area contributed by atoms with Crippen molar-refractivity contribution in [2.45, 2.75) is 46.5 Å². The number of hydrogen-bond acceptors (Lipinski definition) is 5. The number of ether oxygens (including phenoxy) is 2. The predicted molar refractivity (Wildman–Crippen MR) is 86.7 cm³/mol. The molecular weight excluding hydrogens is 296 g/mol. The average Bonchev–Trinajstić information content (AvgIpc) is 2.57. The molecule has 0 aromatic heterocycles. The lowest BCUT2D eigenvalue weighted by molar-refractivity contribution is -0.159. The van der Waals surface area contributed by atoms with Crippen molar-refractivity contribution >= 4 is 11.8 Å². The Morgan fingerprint density at radius 2 is 1.74 bits per heavy atom. The van der Waals surface area contributed by atoms with E-state index in [0.29, 0.717) is 6.61 Å². The van der Waals surface area contributed by atoms with Crippen molar-refractivity contribution in [3.05, 3.63) is 35.9 Å². The van der Waals surface area contributed by atoms with Crippen LogP contribution in [-0.2, 0) is 25.7 Å². The number of benzene rings is 1. The summed E-state index contributed by atoms with van der Waals surface area (Å²) in [7, 11) is 1.24. The molecular formula is C18H26O5. The molecule has 0 aliphatic carbocycles. The third-order valence-electron chi connectivity index (χ3n) is 4.07. The van der Waals surface area contributed by atoms with Gasteiger partial charge in [-0.2, -0.15) is 0 Å². The van der Waals surface area contributed by atoms with E-state index in [1.54, 1.807) is 13.8 Å². The minimum atomic E-state index is -1.30. The molecule has 0 aliphatic heterocycles. The molecule has 5 heteroatoms. The van der Waals surface area contributed by atoms with E-state index in [2.05, 4.69) is 4.74 Å².